The van der Waals surface area contributed by atoms with Crippen LogP contribution in [0.3, 0.4) is 0 Å². The molecule has 0 saturated carbocycles. The number of hydrogen-bond acceptors (Lipinski definition) is 1. The van der Waals surface area contributed by atoms with Crippen molar-refractivity contribution in [2.24, 2.45) is 5.73 Å². The molecule has 0 aliphatic carbocycles. The maximum atomic E-state index is 5.62. The van der Waals surface area contributed by atoms with Gasteiger partial charge in [-0.15, -0.1) is 0 Å². The van der Waals surface area contributed by atoms with Crippen LogP contribution in [0.5, 0.6) is 0 Å². The van der Waals surface area contributed by atoms with Crippen LogP contribution in [-0.2, 0) is 6.54 Å². The Kier molecular flexibility index (Phi) is 2.84. The molecular weight excluding hydrogens is 182 g/mol. The molecule has 2 N–H and O–H groups in total. The molecule has 0 bridgehead atoms. The van der Waals surface area contributed by atoms with Gasteiger partial charge in [-0.25, -0.2) is 0 Å². The molecule has 0 heterocycles. The van der Waals surface area contributed by atoms with Crippen LogP contribution in [0.2, 0.25) is 0 Å². The van der Waals surface area contributed by atoms with Crippen LogP contribution in [0.4, 0.5) is 0 Å². The Morgan fingerprint density at radius 1 is 0.933 bits per heavy atom. The third kappa shape index (κ3) is 2.25. The average Bonchev–Trinajstić information content (AvgIpc) is 2.30. The Balaban J connectivity index is 2.40. The molecule has 0 fully saturated rings. The van der Waals surface area contributed by atoms with Crippen molar-refractivity contribution in [1.29, 1.82) is 0 Å². The Labute approximate surface area is 90.6 Å². The van der Waals surface area contributed by atoms with E-state index in [1.54, 1.807) is 0 Å². The molecule has 2 aromatic rings. The van der Waals surface area contributed by atoms with Crippen molar-refractivity contribution in [3.8, 4) is 11.1 Å². The van der Waals surface area contributed by atoms with Gasteiger partial charge in [-0.3, -0.25) is 0 Å². The topological polar surface area (TPSA) is 26.0 Å². The molecule has 2 aromatic carbocycles. The zero-order valence-corrected chi connectivity index (χ0v) is 8.90. The van der Waals surface area contributed by atoms with Gasteiger partial charge in [-0.1, -0.05) is 48.0 Å². The van der Waals surface area contributed by atoms with Crippen LogP contribution in [-0.4, -0.2) is 0 Å². The van der Waals surface area contributed by atoms with Crippen LogP contribution in [0.1, 0.15) is 11.1 Å². The zero-order chi connectivity index (χ0) is 10.7. The second-order valence-electron chi connectivity index (χ2n) is 3.77. The summed E-state index contributed by atoms with van der Waals surface area (Å²) >= 11 is 0. The van der Waals surface area contributed by atoms with Gasteiger partial charge in [0.1, 0.15) is 0 Å². The predicted octanol–water partition coefficient (Wildman–Crippen LogP) is 3.12. The minimum Gasteiger partial charge on any atom is -0.326 e. The first-order chi connectivity index (χ1) is 7.29. The molecule has 76 valence electrons. The monoisotopic (exact) mass is 197 g/mol. The summed E-state index contributed by atoms with van der Waals surface area (Å²) in [5, 5.41) is 0. The maximum absolute atomic E-state index is 5.62. The third-order valence-electron chi connectivity index (χ3n) is 2.55. The van der Waals surface area contributed by atoms with E-state index in [9.17, 15) is 0 Å². The predicted molar refractivity (Wildman–Crippen MR) is 64.5 cm³/mol. The summed E-state index contributed by atoms with van der Waals surface area (Å²) in [4.78, 5) is 0. The quantitative estimate of drug-likeness (QED) is 0.786. The van der Waals surface area contributed by atoms with E-state index in [-0.39, 0.29) is 0 Å². The molecule has 0 aromatic heterocycles. The van der Waals surface area contributed by atoms with Crippen LogP contribution in [0.25, 0.3) is 11.1 Å². The summed E-state index contributed by atoms with van der Waals surface area (Å²) < 4.78 is 0. The van der Waals surface area contributed by atoms with Gasteiger partial charge < -0.3 is 5.73 Å². The van der Waals surface area contributed by atoms with Crippen LogP contribution >= 0.6 is 0 Å². The lowest BCUT2D eigenvalue weighted by Crippen LogP contribution is -1.95. The maximum Gasteiger partial charge on any atom is 0.0178 e. The van der Waals surface area contributed by atoms with Crippen molar-refractivity contribution >= 4 is 0 Å². The van der Waals surface area contributed by atoms with Crippen molar-refractivity contribution in [2.45, 2.75) is 13.5 Å². The molecule has 0 amide bonds. The fraction of sp³-hybridized carbons (Fsp3) is 0.143. The second-order valence-corrected chi connectivity index (χ2v) is 3.77. The van der Waals surface area contributed by atoms with E-state index >= 15 is 0 Å². The molecule has 0 aliphatic rings. The van der Waals surface area contributed by atoms with Crippen LogP contribution in [0, 0.1) is 6.92 Å². The number of hydrogen-bond donors (Lipinski definition) is 1. The highest BCUT2D eigenvalue weighted by Crippen LogP contribution is 2.20. The normalized spacial score (nSPS) is 10.3. The molecule has 0 aliphatic heterocycles. The molecule has 0 saturated heterocycles. The van der Waals surface area contributed by atoms with E-state index < -0.39 is 0 Å². The van der Waals surface area contributed by atoms with Gasteiger partial charge in [-0.2, -0.15) is 0 Å². The van der Waals surface area contributed by atoms with E-state index in [4.69, 9.17) is 5.73 Å². The van der Waals surface area contributed by atoms with Gasteiger partial charge in [0, 0.05) is 6.54 Å². The first-order valence-electron chi connectivity index (χ1n) is 5.15. The summed E-state index contributed by atoms with van der Waals surface area (Å²) in [6, 6.07) is 16.9. The van der Waals surface area contributed by atoms with Gasteiger partial charge in [0.05, 0.1) is 0 Å². The Morgan fingerprint density at radius 2 is 1.67 bits per heavy atom. The Hall–Kier alpha value is -1.60. The van der Waals surface area contributed by atoms with Gasteiger partial charge in [-0.05, 0) is 29.7 Å². The lowest BCUT2D eigenvalue weighted by molar-refractivity contribution is 1.07. The number of nitrogens with two attached hydrogens (primary N) is 1. The molecule has 15 heavy (non-hydrogen) atoms. The summed E-state index contributed by atoms with van der Waals surface area (Å²) in [6.45, 7) is 2.69. The number of aryl methyl sites for hydroxylation is 1. The van der Waals surface area contributed by atoms with Crippen molar-refractivity contribution < 1.29 is 0 Å². The highest BCUT2D eigenvalue weighted by Gasteiger charge is 1.97. The van der Waals surface area contributed by atoms with Gasteiger partial charge in [0.25, 0.3) is 0 Å². The van der Waals surface area contributed by atoms with E-state index in [0.29, 0.717) is 6.54 Å². The van der Waals surface area contributed by atoms with Crippen molar-refractivity contribution in [3.05, 3.63) is 59.7 Å². The van der Waals surface area contributed by atoms with Crippen molar-refractivity contribution in [3.63, 3.8) is 0 Å². The van der Waals surface area contributed by atoms with Gasteiger partial charge in [0.2, 0.25) is 0 Å². The minimum absolute atomic E-state index is 0.597. The minimum atomic E-state index is 0.597. The molecule has 0 radical (unpaired) electrons. The Bertz CT molecular complexity index is 443. The molecule has 0 spiro atoms. The number of benzene rings is 2. The summed E-state index contributed by atoms with van der Waals surface area (Å²) in [5.74, 6) is 0. The molecule has 1 nitrogen and oxygen atoms in total. The fourth-order valence-corrected chi connectivity index (χ4v) is 1.62. The molecule has 2 rings (SSSR count). The van der Waals surface area contributed by atoms with Crippen LogP contribution < -0.4 is 5.73 Å². The highest BCUT2D eigenvalue weighted by atomic mass is 14.5. The standard InChI is InChI=1S/C14H15N/c1-11-5-7-13(8-6-11)14-4-2-3-12(9-14)10-15/h2-9H,10,15H2,1H3. The molecule has 1 heteroatoms. The largest absolute Gasteiger partial charge is 0.326 e. The van der Waals surface area contributed by atoms with Crippen molar-refractivity contribution in [1.82, 2.24) is 0 Å². The smallest absolute Gasteiger partial charge is 0.0178 e. The van der Waals surface area contributed by atoms with Crippen LogP contribution in [0.15, 0.2) is 48.5 Å². The SMILES string of the molecule is Cc1ccc(-c2cccc(CN)c2)cc1. The second kappa shape index (κ2) is 4.28. The number of rotatable bonds is 2. The van der Waals surface area contributed by atoms with Gasteiger partial charge >= 0.3 is 0 Å². The van der Waals surface area contributed by atoms with E-state index in [1.165, 1.54) is 22.3 Å². The summed E-state index contributed by atoms with van der Waals surface area (Å²) in [6.07, 6.45) is 0. The van der Waals surface area contributed by atoms with Crippen molar-refractivity contribution in [2.75, 3.05) is 0 Å². The lowest BCUT2D eigenvalue weighted by atomic mass is 10.0. The third-order valence-corrected chi connectivity index (χ3v) is 2.55. The molecule has 0 unspecified atom stereocenters. The first kappa shape index (κ1) is 9.94. The Morgan fingerprint density at radius 3 is 2.33 bits per heavy atom. The fourth-order valence-electron chi connectivity index (χ4n) is 1.62. The molecule has 0 atom stereocenters. The lowest BCUT2D eigenvalue weighted by Gasteiger charge is -2.04. The van der Waals surface area contributed by atoms with E-state index in [1.807, 2.05) is 0 Å². The molecular formula is C14H15N. The highest BCUT2D eigenvalue weighted by molar-refractivity contribution is 5.64. The van der Waals surface area contributed by atoms with E-state index in [0.717, 1.165) is 0 Å². The van der Waals surface area contributed by atoms with E-state index in [2.05, 4.69) is 55.5 Å². The van der Waals surface area contributed by atoms with Gasteiger partial charge in [0.15, 0.2) is 0 Å². The first-order valence-corrected chi connectivity index (χ1v) is 5.15. The summed E-state index contributed by atoms with van der Waals surface area (Å²) in [5.41, 5.74) is 10.6. The average molecular weight is 197 g/mol. The summed E-state index contributed by atoms with van der Waals surface area (Å²) in [7, 11) is 0. The zero-order valence-electron chi connectivity index (χ0n) is 8.90.